The number of aliphatic hydroxyl groups excluding tert-OH is 1. The van der Waals surface area contributed by atoms with Gasteiger partial charge in [-0.3, -0.25) is 24.1 Å². The first-order valence-corrected chi connectivity index (χ1v) is 28.5. The Kier molecular flexibility index (Phi) is 21.0. The number of carbonyl (C=O) groups is 4. The number of aliphatic hydroxyl groups is 1. The van der Waals surface area contributed by atoms with Gasteiger partial charge in [-0.25, -0.2) is 4.98 Å². The van der Waals surface area contributed by atoms with Crippen LogP contribution < -0.4 is 25.6 Å². The molecule has 0 radical (unpaired) electrons. The highest BCUT2D eigenvalue weighted by Crippen LogP contribution is 2.55. The number of nitrogens with one attached hydrogen (secondary N) is 3. The molecular weight excluding hydrogens is 1050 g/mol. The molecule has 4 amide bonds. The lowest BCUT2D eigenvalue weighted by Gasteiger charge is -2.63. The number of amides is 4. The van der Waals surface area contributed by atoms with E-state index in [2.05, 4.69) is 59.6 Å². The largest absolute Gasteiger partial charge is 0.489 e. The number of nitrogens with zero attached hydrogens (tertiary/aromatic N) is 5. The van der Waals surface area contributed by atoms with Crippen molar-refractivity contribution in [1.82, 2.24) is 30.7 Å². The summed E-state index contributed by atoms with van der Waals surface area (Å²) >= 11 is 7.86. The highest BCUT2D eigenvalue weighted by Gasteiger charge is 2.64. The minimum absolute atomic E-state index is 0.0302. The number of β-amino-alcohol motifs (C(OH)–C–C–N with tert-alkyl or cyclic N) is 1. The van der Waals surface area contributed by atoms with Gasteiger partial charge in [0.25, 0.3) is 5.91 Å². The summed E-state index contributed by atoms with van der Waals surface area (Å²) < 4.78 is 30.3. The lowest BCUT2D eigenvalue weighted by atomic mass is 9.49. The minimum atomic E-state index is -0.984. The van der Waals surface area contributed by atoms with Crippen molar-refractivity contribution >= 4 is 52.3 Å². The number of likely N-dealkylation sites (tertiary alicyclic amines) is 1. The SMILES string of the molecule is Cc1ncsc1-c1ccc([C@H](C)NC(=O)[C@@H]2C[C@@H](O)CN2C(=O)C(NC(=O)CN2CCOCCOCCN(c3ccc(C(=O)N[C@H]4C(C)(C)[C@H](Oc5ccc(C#N)c(Cl)c5)C4(C)C)cc3)CCOCCOCC2)C(C)(C)C)cc1. The summed E-state index contributed by atoms with van der Waals surface area (Å²) in [6, 6.07) is 20.1. The van der Waals surface area contributed by atoms with Gasteiger partial charge in [0.15, 0.2) is 0 Å². The second-order valence-electron chi connectivity index (χ2n) is 22.9. The number of halogens is 1. The number of thiazole rings is 1. The molecule has 1 aromatic heterocycles. The van der Waals surface area contributed by atoms with Crippen LogP contribution in [0.25, 0.3) is 10.4 Å². The molecule has 4 atom stereocenters. The second kappa shape index (κ2) is 27.2. The maximum absolute atomic E-state index is 14.4. The van der Waals surface area contributed by atoms with Crippen LogP contribution in [0.15, 0.2) is 72.2 Å². The van der Waals surface area contributed by atoms with Crippen molar-refractivity contribution in [2.75, 3.05) is 97.0 Å². The zero-order chi connectivity index (χ0) is 57.1. The summed E-state index contributed by atoms with van der Waals surface area (Å²) in [5.41, 5.74) is 5.00. The Hall–Kier alpha value is -5.69. The molecule has 3 aliphatic rings. The van der Waals surface area contributed by atoms with Gasteiger partial charge in [0.2, 0.25) is 17.7 Å². The number of aromatic nitrogens is 1. The average molecular weight is 1130 g/mol. The first kappa shape index (κ1) is 60.9. The number of ether oxygens (including phenoxy) is 5. The molecule has 3 aromatic carbocycles. The standard InChI is InChI=1S/C59H79ClN8O10S/c1-38(40-10-12-41(13-11-40)50-39(2)62-37-79-50)63-53(72)48-32-45(69)35-68(48)54(73)51(57(3,4)5)64-49(70)36-66-20-24-74-28-30-76-26-22-67(23-27-77-31-29-75-25-21-66)44-17-14-42(15-18-44)52(71)65-55-58(6,7)56(59(55,8)9)78-46-19-16-43(34-61)47(60)33-46/h10-19,33,37-38,45,48,51,55-56,69H,20-32,35-36H2,1-9H3,(H,63,72)(H,64,70)(H,65,71)/t38-,45+,48-,51?,55-,56-/m0/s1. The Morgan fingerprint density at radius 1 is 0.861 bits per heavy atom. The number of hydrogen-bond acceptors (Lipinski definition) is 15. The average Bonchev–Trinajstić information content (AvgIpc) is 4.11. The smallest absolute Gasteiger partial charge is 0.251 e. The molecule has 18 nitrogen and oxygen atoms in total. The monoisotopic (exact) mass is 1130 g/mol. The zero-order valence-electron chi connectivity index (χ0n) is 47.1. The molecule has 79 heavy (non-hydrogen) atoms. The molecule has 1 unspecified atom stereocenters. The van der Waals surface area contributed by atoms with Crippen molar-refractivity contribution in [1.29, 1.82) is 5.26 Å². The van der Waals surface area contributed by atoms with Crippen LogP contribution in [0.2, 0.25) is 5.02 Å². The van der Waals surface area contributed by atoms with Crippen molar-refractivity contribution in [3.8, 4) is 22.3 Å². The maximum Gasteiger partial charge on any atom is 0.251 e. The van der Waals surface area contributed by atoms with Gasteiger partial charge in [-0.2, -0.15) is 5.26 Å². The normalized spacial score (nSPS) is 22.5. The Bertz CT molecular complexity index is 2710. The van der Waals surface area contributed by atoms with Gasteiger partial charge in [0, 0.05) is 73.3 Å². The summed E-state index contributed by atoms with van der Waals surface area (Å²) in [7, 11) is 0. The molecule has 2 aliphatic heterocycles. The molecule has 1 aliphatic carbocycles. The quantitative estimate of drug-likeness (QED) is 0.108. The van der Waals surface area contributed by atoms with Crippen LogP contribution >= 0.6 is 22.9 Å². The third-order valence-electron chi connectivity index (χ3n) is 15.2. The van der Waals surface area contributed by atoms with E-state index in [0.717, 1.165) is 27.4 Å². The van der Waals surface area contributed by atoms with Crippen molar-refractivity contribution in [2.24, 2.45) is 16.2 Å². The van der Waals surface area contributed by atoms with Crippen LogP contribution in [0.5, 0.6) is 5.75 Å². The Morgan fingerprint density at radius 2 is 1.46 bits per heavy atom. The van der Waals surface area contributed by atoms with Crippen LogP contribution in [0, 0.1) is 34.5 Å². The highest BCUT2D eigenvalue weighted by atomic mass is 35.5. The van der Waals surface area contributed by atoms with Crippen LogP contribution in [0.1, 0.15) is 95.0 Å². The fraction of sp³-hybridized carbons (Fsp3) is 0.559. The van der Waals surface area contributed by atoms with Gasteiger partial charge in [-0.15, -0.1) is 11.3 Å². The van der Waals surface area contributed by atoms with Crippen LogP contribution in [-0.4, -0.2) is 166 Å². The second-order valence-corrected chi connectivity index (χ2v) is 24.2. The Labute approximate surface area is 474 Å². The predicted octanol–water partition coefficient (Wildman–Crippen LogP) is 6.81. The molecule has 4 aromatic rings. The lowest BCUT2D eigenvalue weighted by Crippen LogP contribution is -2.74. The lowest BCUT2D eigenvalue weighted by molar-refractivity contribution is -0.164. The van der Waals surface area contributed by atoms with E-state index < -0.39 is 40.3 Å². The Morgan fingerprint density at radius 3 is 2.00 bits per heavy atom. The van der Waals surface area contributed by atoms with Gasteiger partial charge in [-0.1, -0.05) is 84.3 Å². The van der Waals surface area contributed by atoms with E-state index in [0.29, 0.717) is 101 Å². The molecular formula is C59H79ClN8O10S. The molecule has 0 spiro atoms. The van der Waals surface area contributed by atoms with E-state index in [1.54, 1.807) is 29.5 Å². The molecule has 7 rings (SSSR count). The van der Waals surface area contributed by atoms with Gasteiger partial charge >= 0.3 is 0 Å². The van der Waals surface area contributed by atoms with Gasteiger partial charge in [0.05, 0.1) is 98.2 Å². The molecule has 2 saturated heterocycles. The maximum atomic E-state index is 14.4. The first-order valence-electron chi connectivity index (χ1n) is 27.2. The van der Waals surface area contributed by atoms with Crippen molar-refractivity contribution in [3.63, 3.8) is 0 Å². The Balaban J connectivity index is 0.868. The van der Waals surface area contributed by atoms with Gasteiger partial charge in [-0.05, 0) is 66.8 Å². The first-order chi connectivity index (χ1) is 37.6. The topological polar surface area (TPSA) is 217 Å². The number of carbonyl (C=O) groups excluding carboxylic acids is 4. The third kappa shape index (κ3) is 15.6. The molecule has 0 bridgehead atoms. The van der Waals surface area contributed by atoms with Crippen LogP contribution in [0.4, 0.5) is 5.69 Å². The van der Waals surface area contributed by atoms with Gasteiger partial charge < -0.3 is 54.5 Å². The number of anilines is 1. The van der Waals surface area contributed by atoms with Crippen LogP contribution in [0.3, 0.4) is 0 Å². The van der Waals surface area contributed by atoms with E-state index in [1.807, 2.05) is 93.6 Å². The predicted molar refractivity (Wildman–Crippen MR) is 304 cm³/mol. The summed E-state index contributed by atoms with van der Waals surface area (Å²) in [6.45, 7) is 22.5. The van der Waals surface area contributed by atoms with Crippen molar-refractivity contribution in [3.05, 3.63) is 99.6 Å². The van der Waals surface area contributed by atoms with E-state index in [9.17, 15) is 29.5 Å². The van der Waals surface area contributed by atoms with E-state index >= 15 is 0 Å². The fourth-order valence-corrected chi connectivity index (χ4v) is 12.1. The van der Waals surface area contributed by atoms with E-state index in [4.69, 9.17) is 35.3 Å². The minimum Gasteiger partial charge on any atom is -0.489 e. The number of aryl methyl sites for hydroxylation is 1. The summed E-state index contributed by atoms with van der Waals surface area (Å²) in [6.07, 6.45) is -1.04. The van der Waals surface area contributed by atoms with Crippen molar-refractivity contribution in [2.45, 2.75) is 105 Å². The van der Waals surface area contributed by atoms with Crippen molar-refractivity contribution < 1.29 is 48.0 Å². The highest BCUT2D eigenvalue weighted by molar-refractivity contribution is 7.13. The molecule has 20 heteroatoms. The third-order valence-corrected chi connectivity index (χ3v) is 16.5. The summed E-state index contributed by atoms with van der Waals surface area (Å²) in [5, 5.41) is 29.7. The molecule has 3 heterocycles. The fourth-order valence-electron chi connectivity index (χ4n) is 11.1. The molecule has 3 fully saturated rings. The van der Waals surface area contributed by atoms with E-state index in [1.165, 1.54) is 4.90 Å². The number of hydrogen-bond donors (Lipinski definition) is 4. The number of rotatable bonds is 13. The van der Waals surface area contributed by atoms with Gasteiger partial charge in [0.1, 0.15) is 30.0 Å². The summed E-state index contributed by atoms with van der Waals surface area (Å²) in [5.74, 6) is -0.787. The molecule has 1 saturated carbocycles. The summed E-state index contributed by atoms with van der Waals surface area (Å²) in [4.78, 5) is 66.7. The zero-order valence-corrected chi connectivity index (χ0v) is 48.7. The van der Waals surface area contributed by atoms with E-state index in [-0.39, 0.29) is 55.4 Å². The molecule has 4 N–H and O–H groups in total. The van der Waals surface area contributed by atoms with Crippen LogP contribution in [-0.2, 0) is 33.3 Å². The molecule has 428 valence electrons. The number of benzene rings is 3. The number of nitriles is 1.